The molecule has 0 atom stereocenters. The Kier molecular flexibility index (Phi) is 10.9. The van der Waals surface area contributed by atoms with E-state index in [1.54, 1.807) is 24.3 Å². The highest BCUT2D eigenvalue weighted by Gasteiger charge is 2.25. The van der Waals surface area contributed by atoms with Crippen LogP contribution in [0, 0.1) is 13.8 Å². The van der Waals surface area contributed by atoms with E-state index in [0.29, 0.717) is 6.42 Å². The van der Waals surface area contributed by atoms with Crippen LogP contribution in [0.1, 0.15) is 73.5 Å². The number of hydrogen-bond acceptors (Lipinski definition) is 5. The van der Waals surface area contributed by atoms with Crippen molar-refractivity contribution in [3.05, 3.63) is 100 Å². The third-order valence-electron chi connectivity index (χ3n) is 7.71. The normalized spacial score (nSPS) is 12.3. The monoisotopic (exact) mass is 616 g/mol. The summed E-state index contributed by atoms with van der Waals surface area (Å²) in [6.07, 6.45) is 5.41. The molecule has 0 bridgehead atoms. The summed E-state index contributed by atoms with van der Waals surface area (Å²) >= 11 is 0. The first kappa shape index (κ1) is 32.9. The lowest BCUT2D eigenvalue weighted by molar-refractivity contribution is 0.307. The second-order valence-corrected chi connectivity index (χ2v) is 16.3. The van der Waals surface area contributed by atoms with Crippen molar-refractivity contribution >= 4 is 30.1 Å². The van der Waals surface area contributed by atoms with Crippen LogP contribution in [-0.4, -0.2) is 29.0 Å². The lowest BCUT2D eigenvalue weighted by Crippen LogP contribution is -2.18. The van der Waals surface area contributed by atoms with Gasteiger partial charge in [-0.2, -0.15) is 8.42 Å². The minimum atomic E-state index is -3.69. The van der Waals surface area contributed by atoms with Gasteiger partial charge in [-0.25, -0.2) is 0 Å². The molecule has 0 aliphatic carbocycles. The average Bonchev–Trinajstić information content (AvgIpc) is 2.94. The van der Waals surface area contributed by atoms with Crippen molar-refractivity contribution in [1.29, 1.82) is 0 Å². The summed E-state index contributed by atoms with van der Waals surface area (Å²) in [5.74, 6) is 0.957. The molecule has 0 spiro atoms. The van der Waals surface area contributed by atoms with Gasteiger partial charge < -0.3 is 4.43 Å². The van der Waals surface area contributed by atoms with Crippen LogP contribution in [-0.2, 0) is 39.0 Å². The van der Waals surface area contributed by atoms with Crippen LogP contribution in [0.15, 0.2) is 71.6 Å². The molecule has 0 saturated carbocycles. The summed E-state index contributed by atoms with van der Waals surface area (Å²) in [5.41, 5.74) is 8.36. The van der Waals surface area contributed by atoms with Gasteiger partial charge in [0.25, 0.3) is 19.2 Å². The number of benzene rings is 3. The highest BCUT2D eigenvalue weighted by atomic mass is 32.2. The summed E-state index contributed by atoms with van der Waals surface area (Å²) in [5, 5.41) is 1.16. The first-order chi connectivity index (χ1) is 20.3. The third kappa shape index (κ3) is 8.77. The van der Waals surface area contributed by atoms with Crippen LogP contribution >= 0.6 is 0 Å². The van der Waals surface area contributed by atoms with E-state index in [0.717, 1.165) is 60.0 Å². The predicted molar refractivity (Wildman–Crippen MR) is 179 cm³/mol. The predicted octanol–water partition coefficient (Wildman–Crippen LogP) is 8.68. The van der Waals surface area contributed by atoms with Gasteiger partial charge in [-0.1, -0.05) is 75.2 Å². The minimum Gasteiger partial charge on any atom is -0.542 e. The smallest absolute Gasteiger partial charge is 0.296 e. The van der Waals surface area contributed by atoms with Gasteiger partial charge in [-0.05, 0) is 111 Å². The van der Waals surface area contributed by atoms with Crippen LogP contribution in [0.5, 0.6) is 5.75 Å². The quantitative estimate of drug-likeness (QED) is 0.0854. The maximum absolute atomic E-state index is 12.3. The van der Waals surface area contributed by atoms with Crippen molar-refractivity contribution < 1.29 is 17.0 Å². The van der Waals surface area contributed by atoms with Crippen molar-refractivity contribution in [1.82, 2.24) is 4.98 Å². The molecule has 4 rings (SSSR count). The zero-order chi connectivity index (χ0) is 31.2. The Morgan fingerprint density at radius 2 is 1.44 bits per heavy atom. The first-order valence-corrected chi connectivity index (χ1v) is 19.1. The van der Waals surface area contributed by atoms with E-state index in [9.17, 15) is 8.42 Å². The number of pyridine rings is 1. The van der Waals surface area contributed by atoms with E-state index in [4.69, 9.17) is 13.6 Å². The number of unbranched alkanes of at least 4 members (excludes halogenated alkanes) is 2. The SMILES string of the molecule is Cc1ccc(S(=O)(=O)OCCCCCc2ccc(CCc3nc4cccc(O[Si](C)C)c4c(C(C)(C)C)c3C)cc2)cc1. The maximum atomic E-state index is 12.3. The van der Waals surface area contributed by atoms with Gasteiger partial charge in [-0.15, -0.1) is 0 Å². The average molecular weight is 617 g/mol. The van der Waals surface area contributed by atoms with Gasteiger partial charge in [-0.3, -0.25) is 9.17 Å². The van der Waals surface area contributed by atoms with Crippen molar-refractivity contribution in [2.45, 2.75) is 96.5 Å². The molecule has 43 heavy (non-hydrogen) atoms. The van der Waals surface area contributed by atoms with E-state index < -0.39 is 19.2 Å². The minimum absolute atomic E-state index is 0.0308. The van der Waals surface area contributed by atoms with Gasteiger partial charge >= 0.3 is 0 Å². The number of rotatable bonds is 13. The summed E-state index contributed by atoms with van der Waals surface area (Å²) < 4.78 is 36.2. The van der Waals surface area contributed by atoms with E-state index in [1.807, 2.05) is 6.92 Å². The summed E-state index contributed by atoms with van der Waals surface area (Å²) in [7, 11) is -4.58. The van der Waals surface area contributed by atoms with E-state index in [-0.39, 0.29) is 16.9 Å². The van der Waals surface area contributed by atoms with Gasteiger partial charge in [0.2, 0.25) is 0 Å². The Hall–Kier alpha value is -3.00. The van der Waals surface area contributed by atoms with Crippen molar-refractivity contribution in [2.24, 2.45) is 0 Å². The molecule has 3 aromatic carbocycles. The molecule has 1 radical (unpaired) electrons. The molecule has 229 valence electrons. The first-order valence-electron chi connectivity index (χ1n) is 15.3. The number of aromatic nitrogens is 1. The molecule has 4 aromatic rings. The van der Waals surface area contributed by atoms with Gasteiger partial charge in [0.15, 0.2) is 0 Å². The van der Waals surface area contributed by atoms with Gasteiger partial charge in [0.05, 0.1) is 17.0 Å². The van der Waals surface area contributed by atoms with Gasteiger partial charge in [0.1, 0.15) is 5.75 Å². The zero-order valence-corrected chi connectivity index (χ0v) is 28.6. The second kappa shape index (κ2) is 14.2. The molecular formula is C36H46NO4SSi. The Bertz CT molecular complexity index is 1620. The lowest BCUT2D eigenvalue weighted by atomic mass is 9.80. The fourth-order valence-electron chi connectivity index (χ4n) is 5.60. The Balaban J connectivity index is 1.31. The molecule has 1 heterocycles. The topological polar surface area (TPSA) is 65.5 Å². The van der Waals surface area contributed by atoms with Crippen LogP contribution in [0.2, 0.25) is 13.1 Å². The molecule has 1 aromatic heterocycles. The molecular weight excluding hydrogens is 571 g/mol. The largest absolute Gasteiger partial charge is 0.542 e. The van der Waals surface area contributed by atoms with Crippen molar-refractivity contribution in [3.8, 4) is 5.75 Å². The molecule has 0 unspecified atom stereocenters. The molecule has 0 amide bonds. The van der Waals surface area contributed by atoms with E-state index >= 15 is 0 Å². The van der Waals surface area contributed by atoms with Crippen LogP contribution in [0.3, 0.4) is 0 Å². The number of fused-ring (bicyclic) bond motifs is 1. The fourth-order valence-corrected chi connectivity index (χ4v) is 7.15. The van der Waals surface area contributed by atoms with Crippen LogP contribution in [0.4, 0.5) is 0 Å². The fraction of sp³-hybridized carbons (Fsp3) is 0.417. The number of hydrogen-bond donors (Lipinski definition) is 0. The number of aryl methyl sites for hydroxylation is 4. The Morgan fingerprint density at radius 1 is 0.791 bits per heavy atom. The molecule has 0 N–H and O–H groups in total. The molecule has 0 aliphatic heterocycles. The maximum Gasteiger partial charge on any atom is 0.296 e. The summed E-state index contributed by atoms with van der Waals surface area (Å²) in [6.45, 7) is 15.5. The van der Waals surface area contributed by atoms with E-state index in [1.165, 1.54) is 22.3 Å². The molecule has 5 nitrogen and oxygen atoms in total. The van der Waals surface area contributed by atoms with Crippen molar-refractivity contribution in [2.75, 3.05) is 6.61 Å². The third-order valence-corrected chi connectivity index (χ3v) is 9.67. The highest BCUT2D eigenvalue weighted by molar-refractivity contribution is 7.86. The molecule has 0 saturated heterocycles. The molecule has 7 heteroatoms. The van der Waals surface area contributed by atoms with Gasteiger partial charge in [0, 0.05) is 11.1 Å². The Morgan fingerprint density at radius 3 is 2.07 bits per heavy atom. The second-order valence-electron chi connectivity index (χ2n) is 12.7. The van der Waals surface area contributed by atoms with E-state index in [2.05, 4.69) is 83.3 Å². The molecule has 0 aliphatic rings. The lowest BCUT2D eigenvalue weighted by Gasteiger charge is -2.27. The molecule has 0 fully saturated rings. The summed E-state index contributed by atoms with van der Waals surface area (Å²) in [6, 6.07) is 21.9. The Labute approximate surface area is 260 Å². The van der Waals surface area contributed by atoms with Crippen LogP contribution < -0.4 is 4.43 Å². The zero-order valence-electron chi connectivity index (χ0n) is 26.8. The standard InChI is InChI=1S/C36H46NO4SSi/c1-26-15-22-30(23-16-26)42(38,39)40-25-10-8-9-12-28-17-19-29(20-18-28)21-24-31-27(2)35(36(3,4)5)34-32(37-31)13-11-14-33(34)41-43(6)7/h11,13-20,22-23H,8-10,12,21,24-25H2,1-7H3. The highest BCUT2D eigenvalue weighted by Crippen LogP contribution is 2.39. The van der Waals surface area contributed by atoms with Crippen molar-refractivity contribution in [3.63, 3.8) is 0 Å². The summed E-state index contributed by atoms with van der Waals surface area (Å²) in [4.78, 5) is 5.35. The number of nitrogens with zero attached hydrogens (tertiary/aromatic N) is 1. The van der Waals surface area contributed by atoms with Crippen LogP contribution in [0.25, 0.3) is 10.9 Å².